The van der Waals surface area contributed by atoms with Crippen LogP contribution in [0.25, 0.3) is 0 Å². The van der Waals surface area contributed by atoms with Gasteiger partial charge in [0.2, 0.25) is 0 Å². The van der Waals surface area contributed by atoms with Crippen molar-refractivity contribution in [1.29, 1.82) is 0 Å². The van der Waals surface area contributed by atoms with E-state index < -0.39 is 0 Å². The molecule has 1 aliphatic carbocycles. The second-order valence-corrected chi connectivity index (χ2v) is 6.65. The van der Waals surface area contributed by atoms with Gasteiger partial charge in [0.25, 0.3) is 0 Å². The zero-order valence-corrected chi connectivity index (χ0v) is 12.4. The second kappa shape index (κ2) is 5.61. The van der Waals surface area contributed by atoms with E-state index in [1.54, 1.807) is 0 Å². The fourth-order valence-electron chi connectivity index (χ4n) is 2.72. The van der Waals surface area contributed by atoms with Crippen molar-refractivity contribution >= 4 is 23.2 Å². The van der Waals surface area contributed by atoms with Crippen LogP contribution in [-0.2, 0) is 11.2 Å². The highest BCUT2D eigenvalue weighted by Gasteiger charge is 2.37. The van der Waals surface area contributed by atoms with Crippen LogP contribution in [0.15, 0.2) is 18.2 Å². The maximum atomic E-state index is 6.30. The van der Waals surface area contributed by atoms with Gasteiger partial charge >= 0.3 is 0 Å². The van der Waals surface area contributed by atoms with Crippen LogP contribution < -0.4 is 5.32 Å². The molecular formula is C15H19Cl2NO. The third-order valence-electron chi connectivity index (χ3n) is 4.14. The van der Waals surface area contributed by atoms with Crippen LogP contribution in [-0.4, -0.2) is 25.8 Å². The zero-order valence-electron chi connectivity index (χ0n) is 10.9. The Labute approximate surface area is 124 Å². The maximum Gasteiger partial charge on any atom is 0.0538 e. The molecule has 1 heterocycles. The fraction of sp³-hybridized carbons (Fsp3) is 0.600. The Kier molecular flexibility index (Phi) is 4.04. The average molecular weight is 300 g/mol. The Balaban J connectivity index is 1.76. The van der Waals surface area contributed by atoms with E-state index in [-0.39, 0.29) is 5.41 Å². The van der Waals surface area contributed by atoms with Crippen molar-refractivity contribution in [2.75, 3.05) is 19.8 Å². The highest BCUT2D eigenvalue weighted by atomic mass is 35.5. The van der Waals surface area contributed by atoms with Gasteiger partial charge in [0.15, 0.2) is 0 Å². The molecule has 1 aliphatic heterocycles. The molecule has 104 valence electrons. The maximum absolute atomic E-state index is 6.30. The molecule has 1 saturated heterocycles. The Morgan fingerprint density at radius 1 is 1.26 bits per heavy atom. The lowest BCUT2D eigenvalue weighted by Gasteiger charge is -2.29. The molecule has 0 aromatic heterocycles. The van der Waals surface area contributed by atoms with Crippen LogP contribution in [0.5, 0.6) is 0 Å². The van der Waals surface area contributed by atoms with Gasteiger partial charge in [0.05, 0.1) is 6.61 Å². The summed E-state index contributed by atoms with van der Waals surface area (Å²) in [6.07, 6.45) is 4.59. The minimum absolute atomic E-state index is 0.150. The van der Waals surface area contributed by atoms with E-state index in [0.29, 0.717) is 0 Å². The summed E-state index contributed by atoms with van der Waals surface area (Å²) in [5, 5.41) is 5.17. The summed E-state index contributed by atoms with van der Waals surface area (Å²) in [7, 11) is 0. The first-order valence-corrected chi connectivity index (χ1v) is 7.68. The Bertz CT molecular complexity index is 433. The van der Waals surface area contributed by atoms with Crippen molar-refractivity contribution in [2.45, 2.75) is 31.7 Å². The standard InChI is InChI=1S/C15H19Cl2NO/c16-13-2-1-3-14(17)12(13)8-15(6-7-19-10-15)9-18-11-4-5-11/h1-3,11,18H,4-10H2. The summed E-state index contributed by atoms with van der Waals surface area (Å²) in [6.45, 7) is 2.64. The van der Waals surface area contributed by atoms with Gasteiger partial charge in [-0.05, 0) is 43.4 Å². The van der Waals surface area contributed by atoms with Gasteiger partial charge in [0, 0.05) is 34.7 Å². The van der Waals surface area contributed by atoms with Crippen molar-refractivity contribution in [3.63, 3.8) is 0 Å². The largest absolute Gasteiger partial charge is 0.381 e. The number of nitrogens with one attached hydrogen (secondary N) is 1. The second-order valence-electron chi connectivity index (χ2n) is 5.83. The molecule has 0 bridgehead atoms. The van der Waals surface area contributed by atoms with E-state index in [0.717, 1.165) is 54.3 Å². The molecule has 3 rings (SSSR count). The van der Waals surface area contributed by atoms with E-state index in [1.807, 2.05) is 18.2 Å². The molecule has 2 nitrogen and oxygen atoms in total. The minimum atomic E-state index is 0.150. The zero-order chi connectivity index (χ0) is 13.3. The number of benzene rings is 1. The van der Waals surface area contributed by atoms with Crippen LogP contribution in [0.2, 0.25) is 10.0 Å². The molecule has 0 radical (unpaired) electrons. The van der Waals surface area contributed by atoms with E-state index in [9.17, 15) is 0 Å². The number of rotatable bonds is 5. The van der Waals surface area contributed by atoms with Gasteiger partial charge < -0.3 is 10.1 Å². The van der Waals surface area contributed by atoms with Gasteiger partial charge in [-0.1, -0.05) is 29.3 Å². The molecule has 1 aromatic carbocycles. The van der Waals surface area contributed by atoms with E-state index >= 15 is 0 Å². The highest BCUT2D eigenvalue weighted by molar-refractivity contribution is 6.36. The summed E-state index contributed by atoms with van der Waals surface area (Å²) in [6, 6.07) is 6.45. The number of halogens is 2. The lowest BCUT2D eigenvalue weighted by molar-refractivity contribution is 0.149. The summed E-state index contributed by atoms with van der Waals surface area (Å²) >= 11 is 12.6. The van der Waals surface area contributed by atoms with Crippen molar-refractivity contribution in [2.24, 2.45) is 5.41 Å². The van der Waals surface area contributed by atoms with Gasteiger partial charge in [-0.15, -0.1) is 0 Å². The third-order valence-corrected chi connectivity index (χ3v) is 4.85. The monoisotopic (exact) mass is 299 g/mol. The van der Waals surface area contributed by atoms with E-state index in [2.05, 4.69) is 5.32 Å². The summed E-state index contributed by atoms with van der Waals surface area (Å²) < 4.78 is 5.64. The van der Waals surface area contributed by atoms with Crippen LogP contribution in [0.3, 0.4) is 0 Å². The van der Waals surface area contributed by atoms with Crippen molar-refractivity contribution in [1.82, 2.24) is 5.32 Å². The molecule has 1 saturated carbocycles. The third kappa shape index (κ3) is 3.25. The van der Waals surface area contributed by atoms with E-state index in [4.69, 9.17) is 27.9 Å². The van der Waals surface area contributed by atoms with Crippen LogP contribution in [0, 0.1) is 5.41 Å². The Morgan fingerprint density at radius 3 is 2.58 bits per heavy atom. The van der Waals surface area contributed by atoms with Crippen molar-refractivity contribution in [3.05, 3.63) is 33.8 Å². The number of ether oxygens (including phenoxy) is 1. The summed E-state index contributed by atoms with van der Waals surface area (Å²) in [5.41, 5.74) is 1.21. The SMILES string of the molecule is Clc1cccc(Cl)c1CC1(CNC2CC2)CCOC1. The molecule has 1 aromatic rings. The molecule has 0 spiro atoms. The van der Waals surface area contributed by atoms with Crippen molar-refractivity contribution in [3.8, 4) is 0 Å². The Hall–Kier alpha value is -0.280. The van der Waals surface area contributed by atoms with Crippen LogP contribution >= 0.6 is 23.2 Å². The van der Waals surface area contributed by atoms with Crippen LogP contribution in [0.4, 0.5) is 0 Å². The molecule has 0 amide bonds. The molecule has 1 N–H and O–H groups in total. The molecular weight excluding hydrogens is 281 g/mol. The van der Waals surface area contributed by atoms with Crippen molar-refractivity contribution < 1.29 is 4.74 Å². The highest BCUT2D eigenvalue weighted by Crippen LogP contribution is 2.37. The lowest BCUT2D eigenvalue weighted by atomic mass is 9.80. The smallest absolute Gasteiger partial charge is 0.0538 e. The number of hydrogen-bond acceptors (Lipinski definition) is 2. The van der Waals surface area contributed by atoms with Crippen LogP contribution in [0.1, 0.15) is 24.8 Å². The van der Waals surface area contributed by atoms with E-state index in [1.165, 1.54) is 12.8 Å². The van der Waals surface area contributed by atoms with Gasteiger partial charge in [0.1, 0.15) is 0 Å². The average Bonchev–Trinajstić information content (AvgIpc) is 3.12. The summed E-state index contributed by atoms with van der Waals surface area (Å²) in [4.78, 5) is 0. The van der Waals surface area contributed by atoms with Gasteiger partial charge in [-0.3, -0.25) is 0 Å². The first-order chi connectivity index (χ1) is 9.19. The molecule has 2 fully saturated rings. The Morgan fingerprint density at radius 2 is 2.00 bits per heavy atom. The molecule has 4 heteroatoms. The quantitative estimate of drug-likeness (QED) is 0.895. The summed E-state index contributed by atoms with van der Waals surface area (Å²) in [5.74, 6) is 0. The van der Waals surface area contributed by atoms with Gasteiger partial charge in [-0.25, -0.2) is 0 Å². The molecule has 1 unspecified atom stereocenters. The fourth-order valence-corrected chi connectivity index (χ4v) is 3.25. The molecule has 2 aliphatic rings. The lowest BCUT2D eigenvalue weighted by Crippen LogP contribution is -2.37. The predicted molar refractivity (Wildman–Crippen MR) is 79.1 cm³/mol. The topological polar surface area (TPSA) is 21.3 Å². The first-order valence-electron chi connectivity index (χ1n) is 6.93. The molecule has 1 atom stereocenters. The predicted octanol–water partition coefficient (Wildman–Crippen LogP) is 3.69. The normalized spacial score (nSPS) is 26.8. The first kappa shape index (κ1) is 13.7. The number of hydrogen-bond donors (Lipinski definition) is 1. The van der Waals surface area contributed by atoms with Gasteiger partial charge in [-0.2, -0.15) is 0 Å². The molecule has 19 heavy (non-hydrogen) atoms. The minimum Gasteiger partial charge on any atom is -0.381 e.